The number of hydrogen-bond acceptors (Lipinski definition) is 0. The highest BCUT2D eigenvalue weighted by atomic mass is 15.0. The molecule has 5 rings (SSSR count). The molecule has 5 aromatic rings. The predicted octanol–water partition coefficient (Wildman–Crippen LogP) is 6.12. The van der Waals surface area contributed by atoms with E-state index in [4.69, 9.17) is 0 Å². The molecular formula is C22H17N. The van der Waals surface area contributed by atoms with E-state index in [1.807, 2.05) is 0 Å². The first-order valence-corrected chi connectivity index (χ1v) is 8.20. The van der Waals surface area contributed by atoms with Crippen molar-refractivity contribution in [2.75, 3.05) is 0 Å². The molecule has 0 aliphatic carbocycles. The zero-order valence-electron chi connectivity index (χ0n) is 13.1. The highest BCUT2D eigenvalue weighted by Crippen LogP contribution is 2.37. The Morgan fingerprint density at radius 2 is 1.30 bits per heavy atom. The minimum atomic E-state index is 0.979. The van der Waals surface area contributed by atoms with Gasteiger partial charge in [-0.2, -0.15) is 0 Å². The van der Waals surface area contributed by atoms with Gasteiger partial charge in [-0.1, -0.05) is 66.7 Å². The third-order valence-electron chi connectivity index (χ3n) is 4.95. The Bertz CT molecular complexity index is 1190. The van der Waals surface area contributed by atoms with E-state index in [1.54, 1.807) is 0 Å². The fraction of sp³-hybridized carbons (Fsp3) is 0.0909. The van der Waals surface area contributed by atoms with Crippen LogP contribution in [0, 0.1) is 0 Å². The van der Waals surface area contributed by atoms with Crippen LogP contribution in [0.1, 0.15) is 6.92 Å². The number of rotatable bonds is 1. The fourth-order valence-electron chi connectivity index (χ4n) is 3.96. The molecule has 1 heteroatoms. The second-order valence-electron chi connectivity index (χ2n) is 6.11. The van der Waals surface area contributed by atoms with E-state index >= 15 is 0 Å². The molecule has 0 saturated heterocycles. The SMILES string of the molecule is CCn1c2ccc3ccccc3c2c2ccc3ccccc3c21. The highest BCUT2D eigenvalue weighted by Gasteiger charge is 2.14. The lowest BCUT2D eigenvalue weighted by Gasteiger charge is -2.06. The Kier molecular flexibility index (Phi) is 2.54. The molecule has 1 nitrogen and oxygen atoms in total. The first-order chi connectivity index (χ1) is 11.4. The lowest BCUT2D eigenvalue weighted by molar-refractivity contribution is 0.830. The summed E-state index contributed by atoms with van der Waals surface area (Å²) in [4.78, 5) is 0. The average molecular weight is 295 g/mol. The summed E-state index contributed by atoms with van der Waals surface area (Å²) in [6.07, 6.45) is 0. The Hall–Kier alpha value is -2.80. The van der Waals surface area contributed by atoms with Crippen LogP contribution in [0.25, 0.3) is 43.4 Å². The normalized spacial score (nSPS) is 11.9. The van der Waals surface area contributed by atoms with Gasteiger partial charge in [-0.05, 0) is 29.1 Å². The quantitative estimate of drug-likeness (QED) is 0.351. The van der Waals surface area contributed by atoms with E-state index in [-0.39, 0.29) is 0 Å². The van der Waals surface area contributed by atoms with Gasteiger partial charge in [-0.15, -0.1) is 0 Å². The van der Waals surface area contributed by atoms with Crippen molar-refractivity contribution < 1.29 is 0 Å². The zero-order valence-corrected chi connectivity index (χ0v) is 13.1. The number of fused-ring (bicyclic) bond motifs is 7. The van der Waals surface area contributed by atoms with Crippen LogP contribution in [-0.2, 0) is 6.54 Å². The summed E-state index contributed by atoms with van der Waals surface area (Å²) in [5, 5.41) is 8.04. The number of nitrogens with zero attached hydrogens (tertiary/aromatic N) is 1. The van der Waals surface area contributed by atoms with Crippen molar-refractivity contribution in [2.45, 2.75) is 13.5 Å². The smallest absolute Gasteiger partial charge is 0.0571 e. The number of hydrogen-bond donors (Lipinski definition) is 0. The van der Waals surface area contributed by atoms with Crippen molar-refractivity contribution in [1.82, 2.24) is 4.57 Å². The minimum absolute atomic E-state index is 0.979. The molecule has 0 N–H and O–H groups in total. The largest absolute Gasteiger partial charge is 0.340 e. The highest BCUT2D eigenvalue weighted by molar-refractivity contribution is 6.25. The van der Waals surface area contributed by atoms with E-state index in [2.05, 4.69) is 84.3 Å². The van der Waals surface area contributed by atoms with E-state index < -0.39 is 0 Å². The fourth-order valence-corrected chi connectivity index (χ4v) is 3.96. The van der Waals surface area contributed by atoms with E-state index in [0.717, 1.165) is 6.54 Å². The van der Waals surface area contributed by atoms with Gasteiger partial charge in [0.05, 0.1) is 5.52 Å². The standard InChI is InChI=1S/C22H17N/c1-2-23-20-14-12-15-7-3-5-9-17(15)21(20)19-13-11-16-8-4-6-10-18(16)22(19)23/h3-14H,2H2,1H3. The van der Waals surface area contributed by atoms with Gasteiger partial charge >= 0.3 is 0 Å². The van der Waals surface area contributed by atoms with Crippen LogP contribution in [0.2, 0.25) is 0 Å². The zero-order chi connectivity index (χ0) is 15.4. The molecule has 0 amide bonds. The van der Waals surface area contributed by atoms with Gasteiger partial charge in [0, 0.05) is 28.2 Å². The minimum Gasteiger partial charge on any atom is -0.340 e. The predicted molar refractivity (Wildman–Crippen MR) is 100 cm³/mol. The molecule has 1 aromatic heterocycles. The second-order valence-corrected chi connectivity index (χ2v) is 6.11. The summed E-state index contributed by atoms with van der Waals surface area (Å²) in [5.41, 5.74) is 2.69. The Balaban J connectivity index is 2.15. The molecule has 0 saturated carbocycles. The topological polar surface area (TPSA) is 4.93 Å². The Morgan fingerprint density at radius 3 is 2.09 bits per heavy atom. The summed E-state index contributed by atoms with van der Waals surface area (Å²) < 4.78 is 2.46. The molecule has 23 heavy (non-hydrogen) atoms. The Labute approximate surface area is 134 Å². The van der Waals surface area contributed by atoms with Gasteiger partial charge in [0.15, 0.2) is 0 Å². The Morgan fingerprint density at radius 1 is 0.652 bits per heavy atom. The maximum absolute atomic E-state index is 2.46. The van der Waals surface area contributed by atoms with Crippen LogP contribution in [-0.4, -0.2) is 4.57 Å². The molecule has 0 radical (unpaired) electrons. The lowest BCUT2D eigenvalue weighted by atomic mass is 10.0. The molecule has 4 aromatic carbocycles. The van der Waals surface area contributed by atoms with E-state index in [1.165, 1.54) is 43.4 Å². The first kappa shape index (κ1) is 12.7. The van der Waals surface area contributed by atoms with Crippen molar-refractivity contribution in [3.63, 3.8) is 0 Å². The van der Waals surface area contributed by atoms with Crippen LogP contribution in [0.15, 0.2) is 72.8 Å². The van der Waals surface area contributed by atoms with Gasteiger partial charge in [0.2, 0.25) is 0 Å². The second kappa shape index (κ2) is 4.60. The number of benzene rings is 4. The summed E-state index contributed by atoms with van der Waals surface area (Å²) in [6, 6.07) is 26.4. The van der Waals surface area contributed by atoms with Crippen LogP contribution in [0.4, 0.5) is 0 Å². The third kappa shape index (κ3) is 1.62. The maximum Gasteiger partial charge on any atom is 0.0571 e. The van der Waals surface area contributed by atoms with Crippen LogP contribution in [0.3, 0.4) is 0 Å². The van der Waals surface area contributed by atoms with Crippen molar-refractivity contribution in [3.8, 4) is 0 Å². The van der Waals surface area contributed by atoms with E-state index in [0.29, 0.717) is 0 Å². The first-order valence-electron chi connectivity index (χ1n) is 8.20. The number of aryl methyl sites for hydroxylation is 1. The van der Waals surface area contributed by atoms with Crippen LogP contribution in [0.5, 0.6) is 0 Å². The molecule has 0 aliphatic rings. The average Bonchev–Trinajstić information content (AvgIpc) is 2.96. The molecule has 0 bridgehead atoms. The summed E-state index contributed by atoms with van der Waals surface area (Å²) in [7, 11) is 0. The maximum atomic E-state index is 2.46. The van der Waals surface area contributed by atoms with Crippen molar-refractivity contribution in [2.24, 2.45) is 0 Å². The van der Waals surface area contributed by atoms with Gasteiger partial charge in [-0.25, -0.2) is 0 Å². The lowest BCUT2D eigenvalue weighted by Crippen LogP contribution is -1.93. The third-order valence-corrected chi connectivity index (χ3v) is 4.95. The monoisotopic (exact) mass is 295 g/mol. The van der Waals surface area contributed by atoms with Crippen LogP contribution < -0.4 is 0 Å². The van der Waals surface area contributed by atoms with E-state index in [9.17, 15) is 0 Å². The molecule has 0 aliphatic heterocycles. The summed E-state index contributed by atoms with van der Waals surface area (Å²) >= 11 is 0. The van der Waals surface area contributed by atoms with Gasteiger partial charge < -0.3 is 4.57 Å². The van der Waals surface area contributed by atoms with Crippen molar-refractivity contribution >= 4 is 43.4 Å². The molecule has 1 heterocycles. The van der Waals surface area contributed by atoms with Crippen LogP contribution >= 0.6 is 0 Å². The van der Waals surface area contributed by atoms with Crippen molar-refractivity contribution in [3.05, 3.63) is 72.8 Å². The van der Waals surface area contributed by atoms with Gasteiger partial charge in [-0.3, -0.25) is 0 Å². The molecule has 0 spiro atoms. The van der Waals surface area contributed by atoms with Gasteiger partial charge in [0.1, 0.15) is 0 Å². The molecule has 0 atom stereocenters. The molecule has 0 fully saturated rings. The van der Waals surface area contributed by atoms with Gasteiger partial charge in [0.25, 0.3) is 0 Å². The summed E-state index contributed by atoms with van der Waals surface area (Å²) in [6.45, 7) is 3.21. The molecule has 0 unspecified atom stereocenters. The number of aromatic nitrogens is 1. The summed E-state index contributed by atoms with van der Waals surface area (Å²) in [5.74, 6) is 0. The van der Waals surface area contributed by atoms with Crippen molar-refractivity contribution in [1.29, 1.82) is 0 Å². The molecular weight excluding hydrogens is 278 g/mol. The molecule has 110 valence electrons.